The van der Waals surface area contributed by atoms with Crippen LogP contribution in [0.1, 0.15) is 255 Å². The molecular weight excluding hydrogens is 885 g/mol. The molecule has 72 heavy (non-hydrogen) atoms. The minimum Gasteiger partial charge on any atom is -0.507 e. The molecule has 0 saturated carbocycles. The molecule has 0 aliphatic heterocycles. The van der Waals surface area contributed by atoms with Gasteiger partial charge in [-0.3, -0.25) is 0 Å². The number of aromatic hydroxyl groups is 4. The molecule has 6 nitrogen and oxygen atoms in total. The van der Waals surface area contributed by atoms with Crippen LogP contribution in [0.2, 0.25) is 0 Å². The Kier molecular flexibility index (Phi) is 15.2. The van der Waals surface area contributed by atoms with E-state index in [1.807, 2.05) is 0 Å². The molecule has 8 N–H and O–H groups in total. The number of phenolic OH excluding ortho intramolecular Hbond substituents is 4. The molecule has 0 radical (unpaired) electrons. The molecule has 0 heterocycles. The third-order valence-electron chi connectivity index (χ3n) is 15.0. The quantitative estimate of drug-likeness (QED) is 0.0858. The van der Waals surface area contributed by atoms with Gasteiger partial charge in [0.2, 0.25) is 0 Å². The third kappa shape index (κ3) is 12.3. The molecule has 0 saturated heterocycles. The van der Waals surface area contributed by atoms with E-state index in [-0.39, 0.29) is 92.0 Å². The highest BCUT2D eigenvalue weighted by Gasteiger charge is 2.33. The van der Waals surface area contributed by atoms with Crippen molar-refractivity contribution < 1.29 is 20.4 Å². The van der Waals surface area contributed by atoms with Crippen molar-refractivity contribution in [2.45, 2.75) is 235 Å². The van der Waals surface area contributed by atoms with Gasteiger partial charge in [-0.1, -0.05) is 215 Å². The Morgan fingerprint density at radius 2 is 0.431 bits per heavy atom. The second kappa shape index (κ2) is 19.0. The fourth-order valence-electron chi connectivity index (χ4n) is 9.94. The van der Waals surface area contributed by atoms with E-state index >= 15 is 0 Å². The molecule has 0 bridgehead atoms. The molecule has 0 atom stereocenters. The molecule has 0 aliphatic carbocycles. The second-order valence-electron chi connectivity index (χ2n) is 29.6. The molecule has 0 unspecified atom stereocenters. The van der Waals surface area contributed by atoms with Gasteiger partial charge < -0.3 is 31.9 Å². The normalized spacial score (nSPS) is 13.6. The Balaban J connectivity index is 2.10. The van der Waals surface area contributed by atoms with Crippen molar-refractivity contribution in [2.75, 3.05) is 11.5 Å². The van der Waals surface area contributed by atoms with Crippen LogP contribution in [-0.2, 0) is 69.0 Å². The van der Waals surface area contributed by atoms with E-state index in [9.17, 15) is 20.4 Å². The molecule has 0 amide bonds. The maximum atomic E-state index is 12.6. The lowest BCUT2D eigenvalue weighted by Gasteiger charge is -2.31. The third-order valence-corrected chi connectivity index (χ3v) is 15.0. The van der Waals surface area contributed by atoms with Gasteiger partial charge in [0.25, 0.3) is 0 Å². The predicted octanol–water partition coefficient (Wildman–Crippen LogP) is 16.4. The van der Waals surface area contributed by atoms with Crippen LogP contribution in [0.3, 0.4) is 0 Å². The topological polar surface area (TPSA) is 133 Å². The maximum Gasteiger partial charge on any atom is 0.122 e. The van der Waals surface area contributed by atoms with Crippen molar-refractivity contribution in [3.8, 4) is 23.0 Å². The van der Waals surface area contributed by atoms with E-state index in [1.54, 1.807) is 0 Å². The summed E-state index contributed by atoms with van der Waals surface area (Å²) in [6.07, 6.45) is 1.06. The fourth-order valence-corrected chi connectivity index (χ4v) is 9.94. The van der Waals surface area contributed by atoms with Gasteiger partial charge in [0, 0.05) is 25.7 Å². The minimum absolute atomic E-state index is 0.224. The molecule has 0 aromatic heterocycles. The Labute approximate surface area is 437 Å². The van der Waals surface area contributed by atoms with Crippen LogP contribution >= 0.6 is 0 Å². The molecule has 394 valence electrons. The average molecular weight is 982 g/mol. The van der Waals surface area contributed by atoms with Gasteiger partial charge in [0.05, 0.1) is 11.4 Å². The van der Waals surface area contributed by atoms with Gasteiger partial charge >= 0.3 is 0 Å². The predicted molar refractivity (Wildman–Crippen MR) is 309 cm³/mol. The SMILES string of the molecule is CC(C)(C)c1cc(Cc2c(N)c(N)c(Cc3cc(C(C)(C)C)cc(C(C)(C)C)c3O)c(Cc3cc(C(C)(C)C)cc(C(C)(C)C)c3O)c2Cc2cc(C(C)(C)C)cc(C(C)(C)C)c2O)c(O)c(C(C)(C)C)c1. The van der Waals surface area contributed by atoms with Gasteiger partial charge in [-0.2, -0.15) is 0 Å². The lowest BCUT2D eigenvalue weighted by Crippen LogP contribution is -2.20. The summed E-state index contributed by atoms with van der Waals surface area (Å²) in [5.41, 5.74) is 27.5. The van der Waals surface area contributed by atoms with Gasteiger partial charge in [0.1, 0.15) is 23.0 Å². The summed E-state index contributed by atoms with van der Waals surface area (Å²) < 4.78 is 0. The van der Waals surface area contributed by atoms with E-state index in [0.717, 1.165) is 89.0 Å². The van der Waals surface area contributed by atoms with Gasteiger partial charge in [-0.15, -0.1) is 0 Å². The number of nitrogen functional groups attached to an aromatic ring is 2. The van der Waals surface area contributed by atoms with Crippen molar-refractivity contribution in [3.63, 3.8) is 0 Å². The summed E-state index contributed by atoms with van der Waals surface area (Å²) >= 11 is 0. The number of nitrogens with two attached hydrogens (primary N) is 2. The first-order chi connectivity index (χ1) is 32.2. The summed E-state index contributed by atoms with van der Waals surface area (Å²) in [6.45, 7) is 51.9. The van der Waals surface area contributed by atoms with E-state index in [0.29, 0.717) is 11.4 Å². The molecule has 5 rings (SSSR count). The monoisotopic (exact) mass is 981 g/mol. The zero-order valence-corrected chi connectivity index (χ0v) is 49.4. The first-order valence-corrected chi connectivity index (χ1v) is 26.4. The van der Waals surface area contributed by atoms with E-state index < -0.39 is 0 Å². The van der Waals surface area contributed by atoms with Crippen molar-refractivity contribution in [1.82, 2.24) is 0 Å². The summed E-state index contributed by atoms with van der Waals surface area (Å²) in [5, 5.41) is 50.2. The van der Waals surface area contributed by atoms with Crippen LogP contribution in [0.15, 0.2) is 48.5 Å². The number of anilines is 2. The van der Waals surface area contributed by atoms with Crippen LogP contribution in [0.4, 0.5) is 11.4 Å². The van der Waals surface area contributed by atoms with Gasteiger partial charge in [-0.05, 0) is 132 Å². The first kappa shape index (κ1) is 57.8. The maximum absolute atomic E-state index is 12.6. The van der Waals surface area contributed by atoms with Crippen LogP contribution in [-0.4, -0.2) is 20.4 Å². The molecule has 0 spiro atoms. The molecular formula is C66H96N2O4. The number of hydrogen-bond donors (Lipinski definition) is 6. The number of rotatable bonds is 8. The lowest BCUT2D eigenvalue weighted by molar-refractivity contribution is 0.437. The first-order valence-electron chi connectivity index (χ1n) is 26.4. The Morgan fingerprint density at radius 1 is 0.264 bits per heavy atom. The van der Waals surface area contributed by atoms with Crippen LogP contribution in [0.25, 0.3) is 0 Å². The van der Waals surface area contributed by atoms with Gasteiger partial charge in [-0.25, -0.2) is 0 Å². The lowest BCUT2D eigenvalue weighted by atomic mass is 9.75. The number of phenols is 4. The molecule has 5 aromatic carbocycles. The smallest absolute Gasteiger partial charge is 0.122 e. The summed E-state index contributed by atoms with van der Waals surface area (Å²) in [5.74, 6) is 0.910. The van der Waals surface area contributed by atoms with Crippen LogP contribution in [0.5, 0.6) is 23.0 Å². The van der Waals surface area contributed by atoms with Crippen molar-refractivity contribution in [3.05, 3.63) is 138 Å². The summed E-state index contributed by atoms with van der Waals surface area (Å²) in [6, 6.07) is 17.1. The molecule has 0 fully saturated rings. The molecule has 6 heteroatoms. The highest BCUT2D eigenvalue weighted by atomic mass is 16.3. The zero-order chi connectivity index (χ0) is 55.2. The standard InChI is InChI=1S/C66H96N2O4/c1-59(2,3)41-25-37(55(69)49(33-41)63(13,14)15)29-45-46(30-38-26-42(60(4,5)6)34-50(56(38)70)64(16,17)18)48(32-40-28-44(62(10,11)12)36-52(58(40)72)66(22,23)24)54(68)53(67)47(45)31-39-27-43(61(7,8)9)35-51(57(39)71)65(19,20)21/h25-28,33-36,69-72H,29-32,67-68H2,1-24H3. The van der Waals surface area contributed by atoms with Crippen LogP contribution in [0, 0.1) is 0 Å². The Hall–Kier alpha value is -5.10. The second-order valence-corrected chi connectivity index (χ2v) is 29.6. The fraction of sp³-hybridized carbons (Fsp3) is 0.545. The largest absolute Gasteiger partial charge is 0.507 e. The molecule has 0 aliphatic rings. The van der Waals surface area contributed by atoms with E-state index in [1.165, 1.54) is 0 Å². The van der Waals surface area contributed by atoms with Crippen molar-refractivity contribution in [1.29, 1.82) is 0 Å². The number of hydrogen-bond acceptors (Lipinski definition) is 6. The highest BCUT2D eigenvalue weighted by Crippen LogP contribution is 2.48. The summed E-state index contributed by atoms with van der Waals surface area (Å²) in [7, 11) is 0. The Morgan fingerprint density at radius 3 is 0.583 bits per heavy atom. The van der Waals surface area contributed by atoms with Crippen molar-refractivity contribution in [2.24, 2.45) is 0 Å². The zero-order valence-electron chi connectivity index (χ0n) is 49.4. The van der Waals surface area contributed by atoms with Crippen molar-refractivity contribution >= 4 is 11.4 Å². The number of benzene rings is 5. The van der Waals surface area contributed by atoms with E-state index in [4.69, 9.17) is 11.5 Å². The minimum atomic E-state index is -0.386. The summed E-state index contributed by atoms with van der Waals surface area (Å²) in [4.78, 5) is 0. The van der Waals surface area contributed by atoms with Gasteiger partial charge in [0.15, 0.2) is 0 Å². The highest BCUT2D eigenvalue weighted by molar-refractivity contribution is 5.78. The Bertz CT molecular complexity index is 2660. The van der Waals surface area contributed by atoms with E-state index in [2.05, 4.69) is 215 Å². The van der Waals surface area contributed by atoms with Crippen LogP contribution < -0.4 is 11.5 Å². The molecule has 5 aromatic rings. The average Bonchev–Trinajstić information content (AvgIpc) is 3.18.